The summed E-state index contributed by atoms with van der Waals surface area (Å²) in [6, 6.07) is 20.0. The van der Waals surface area contributed by atoms with Gasteiger partial charge in [-0.05, 0) is 52.7 Å². The summed E-state index contributed by atoms with van der Waals surface area (Å²) >= 11 is 7.71. The molecule has 3 heterocycles. The Morgan fingerprint density at radius 1 is 0.920 bits per heavy atom. The minimum absolute atomic E-state index is 0.719. The maximum atomic E-state index is 6.14. The van der Waals surface area contributed by atoms with Crippen LogP contribution >= 0.6 is 22.9 Å². The number of furan rings is 1. The molecule has 0 radical (unpaired) electrons. The molecule has 0 aliphatic heterocycles. The number of nitrogens with zero attached hydrogens (tertiary/aromatic N) is 1. The summed E-state index contributed by atoms with van der Waals surface area (Å²) in [5, 5.41) is 5.96. The molecule has 0 bridgehead atoms. The van der Waals surface area contributed by atoms with E-state index < -0.39 is 0 Å². The molecule has 2 aromatic carbocycles. The molecular formula is C21H12ClNOS. The lowest BCUT2D eigenvalue weighted by Gasteiger charge is -2.06. The predicted octanol–water partition coefficient (Wildman–Crippen LogP) is 7.03. The molecule has 0 saturated heterocycles. The third kappa shape index (κ3) is 2.44. The van der Waals surface area contributed by atoms with Crippen molar-refractivity contribution < 1.29 is 4.42 Å². The third-order valence-corrected chi connectivity index (χ3v) is 5.23. The van der Waals surface area contributed by atoms with Gasteiger partial charge in [-0.15, -0.1) is 0 Å². The van der Waals surface area contributed by atoms with Gasteiger partial charge in [0.05, 0.1) is 5.69 Å². The maximum absolute atomic E-state index is 6.14. The molecule has 0 aliphatic rings. The summed E-state index contributed by atoms with van der Waals surface area (Å²) in [4.78, 5) is 4.90. The zero-order valence-corrected chi connectivity index (χ0v) is 14.6. The Balaban J connectivity index is 1.87. The quantitative estimate of drug-likeness (QED) is 0.337. The van der Waals surface area contributed by atoms with E-state index in [-0.39, 0.29) is 0 Å². The van der Waals surface area contributed by atoms with Crippen molar-refractivity contribution in [1.29, 1.82) is 0 Å². The van der Waals surface area contributed by atoms with Gasteiger partial charge in [0.25, 0.3) is 0 Å². The zero-order valence-electron chi connectivity index (χ0n) is 13.1. The first kappa shape index (κ1) is 14.7. The Bertz CT molecular complexity index is 1190. The summed E-state index contributed by atoms with van der Waals surface area (Å²) in [5.41, 5.74) is 6.74. The molecule has 0 spiro atoms. The van der Waals surface area contributed by atoms with Gasteiger partial charge in [-0.1, -0.05) is 35.9 Å². The van der Waals surface area contributed by atoms with Gasteiger partial charge in [0.2, 0.25) is 0 Å². The molecule has 5 aromatic rings. The normalized spacial score (nSPS) is 11.4. The molecule has 120 valence electrons. The van der Waals surface area contributed by atoms with Crippen molar-refractivity contribution in [2.45, 2.75) is 0 Å². The number of halogens is 1. The molecule has 0 unspecified atom stereocenters. The van der Waals surface area contributed by atoms with Crippen LogP contribution in [0.15, 0.2) is 75.8 Å². The van der Waals surface area contributed by atoms with Gasteiger partial charge >= 0.3 is 0 Å². The number of thiophene rings is 1. The molecule has 2 nitrogen and oxygen atoms in total. The van der Waals surface area contributed by atoms with Gasteiger partial charge < -0.3 is 4.42 Å². The molecule has 0 amide bonds. The number of hydrogen-bond acceptors (Lipinski definition) is 3. The topological polar surface area (TPSA) is 26.0 Å². The molecule has 0 atom stereocenters. The second-order valence-electron chi connectivity index (χ2n) is 5.85. The minimum Gasteiger partial charge on any atom is -0.454 e. The second kappa shape index (κ2) is 5.73. The lowest BCUT2D eigenvalue weighted by atomic mass is 10.0. The Morgan fingerprint density at radius 3 is 2.56 bits per heavy atom. The fraction of sp³-hybridized carbons (Fsp3) is 0. The average Bonchev–Trinajstić information content (AvgIpc) is 3.29. The summed E-state index contributed by atoms with van der Waals surface area (Å²) in [5.74, 6) is 0. The third-order valence-electron chi connectivity index (χ3n) is 4.30. The predicted molar refractivity (Wildman–Crippen MR) is 105 cm³/mol. The first-order valence-electron chi connectivity index (χ1n) is 7.90. The second-order valence-corrected chi connectivity index (χ2v) is 7.07. The van der Waals surface area contributed by atoms with Crippen LogP contribution in [-0.2, 0) is 0 Å². The highest BCUT2D eigenvalue weighted by Gasteiger charge is 2.16. The maximum Gasteiger partial charge on any atom is 0.161 e. The first-order chi connectivity index (χ1) is 12.3. The number of fused-ring (bicyclic) bond motifs is 3. The van der Waals surface area contributed by atoms with Crippen LogP contribution in [0.5, 0.6) is 0 Å². The number of para-hydroxylation sites is 1. The minimum atomic E-state index is 0.719. The van der Waals surface area contributed by atoms with Gasteiger partial charge in [0.15, 0.2) is 5.58 Å². The monoisotopic (exact) mass is 361 g/mol. The van der Waals surface area contributed by atoms with Crippen molar-refractivity contribution in [2.75, 3.05) is 0 Å². The molecular weight excluding hydrogens is 350 g/mol. The fourth-order valence-electron chi connectivity index (χ4n) is 3.08. The fourth-order valence-corrected chi connectivity index (χ4v) is 3.86. The SMILES string of the molecule is Clc1ccc(-c2cc(-c3ccsc3)c3oc4ccccc4c3n2)cc1. The number of pyridine rings is 1. The highest BCUT2D eigenvalue weighted by Crippen LogP contribution is 2.38. The highest BCUT2D eigenvalue weighted by molar-refractivity contribution is 7.08. The molecule has 0 fully saturated rings. The van der Waals surface area contributed by atoms with Gasteiger partial charge in [0.1, 0.15) is 11.1 Å². The number of hydrogen-bond donors (Lipinski definition) is 0. The molecule has 25 heavy (non-hydrogen) atoms. The number of aromatic nitrogens is 1. The van der Waals surface area contributed by atoms with Crippen molar-refractivity contribution in [3.8, 4) is 22.4 Å². The van der Waals surface area contributed by atoms with Crippen LogP contribution in [0.4, 0.5) is 0 Å². The van der Waals surface area contributed by atoms with Crippen LogP contribution < -0.4 is 0 Å². The van der Waals surface area contributed by atoms with E-state index in [2.05, 4.69) is 29.0 Å². The van der Waals surface area contributed by atoms with E-state index in [0.29, 0.717) is 0 Å². The average molecular weight is 362 g/mol. The first-order valence-corrected chi connectivity index (χ1v) is 9.22. The van der Waals surface area contributed by atoms with Crippen molar-refractivity contribution in [3.05, 3.63) is 76.4 Å². The van der Waals surface area contributed by atoms with Crippen LogP contribution in [0, 0.1) is 0 Å². The van der Waals surface area contributed by atoms with Crippen molar-refractivity contribution in [1.82, 2.24) is 4.98 Å². The van der Waals surface area contributed by atoms with Gasteiger partial charge in [-0.2, -0.15) is 11.3 Å². The summed E-state index contributed by atoms with van der Waals surface area (Å²) in [7, 11) is 0. The number of rotatable bonds is 2. The molecule has 4 heteroatoms. The van der Waals surface area contributed by atoms with Crippen molar-refractivity contribution >= 4 is 45.0 Å². The molecule has 0 N–H and O–H groups in total. The lowest BCUT2D eigenvalue weighted by molar-refractivity contribution is 0.669. The molecule has 3 aromatic heterocycles. The standard InChI is InChI=1S/C21H12ClNOS/c22-15-7-5-13(6-8-15)18-11-17(14-9-10-25-12-14)21-20(23-18)16-3-1-2-4-19(16)24-21/h1-12H. The number of benzene rings is 2. The van der Waals surface area contributed by atoms with Crippen LogP contribution in [0.1, 0.15) is 0 Å². The summed E-state index contributed by atoms with van der Waals surface area (Å²) in [6.45, 7) is 0. The highest BCUT2D eigenvalue weighted by atomic mass is 35.5. The van der Waals surface area contributed by atoms with Gasteiger partial charge in [-0.3, -0.25) is 0 Å². The Labute approximate surface area is 153 Å². The van der Waals surface area contributed by atoms with E-state index in [1.54, 1.807) is 11.3 Å². The largest absolute Gasteiger partial charge is 0.454 e. The van der Waals surface area contributed by atoms with Crippen LogP contribution in [0.2, 0.25) is 5.02 Å². The van der Waals surface area contributed by atoms with Crippen LogP contribution in [0.25, 0.3) is 44.5 Å². The Kier molecular flexibility index (Phi) is 3.37. The summed E-state index contributed by atoms with van der Waals surface area (Å²) < 4.78 is 6.14. The van der Waals surface area contributed by atoms with E-state index >= 15 is 0 Å². The van der Waals surface area contributed by atoms with E-state index in [0.717, 1.165) is 49.5 Å². The molecule has 5 rings (SSSR count). The van der Waals surface area contributed by atoms with E-state index in [1.807, 2.05) is 42.5 Å². The lowest BCUT2D eigenvalue weighted by Crippen LogP contribution is -1.87. The zero-order chi connectivity index (χ0) is 16.8. The van der Waals surface area contributed by atoms with E-state index in [1.165, 1.54) is 0 Å². The Hall–Kier alpha value is -2.62. The molecule has 0 aliphatic carbocycles. The van der Waals surface area contributed by atoms with Crippen molar-refractivity contribution in [2.24, 2.45) is 0 Å². The van der Waals surface area contributed by atoms with E-state index in [9.17, 15) is 0 Å². The molecule has 0 saturated carbocycles. The van der Waals surface area contributed by atoms with Crippen LogP contribution in [0.3, 0.4) is 0 Å². The van der Waals surface area contributed by atoms with E-state index in [4.69, 9.17) is 21.0 Å². The van der Waals surface area contributed by atoms with Gasteiger partial charge in [-0.25, -0.2) is 4.98 Å². The van der Waals surface area contributed by atoms with Crippen LogP contribution in [-0.4, -0.2) is 4.98 Å². The Morgan fingerprint density at radius 2 is 1.76 bits per heavy atom. The smallest absolute Gasteiger partial charge is 0.161 e. The van der Waals surface area contributed by atoms with Crippen molar-refractivity contribution in [3.63, 3.8) is 0 Å². The summed E-state index contributed by atoms with van der Waals surface area (Å²) in [6.07, 6.45) is 0. The van der Waals surface area contributed by atoms with Gasteiger partial charge in [0, 0.05) is 21.5 Å².